The van der Waals surface area contributed by atoms with Crippen LogP contribution in [0.4, 0.5) is 0 Å². The molecule has 0 aliphatic carbocycles. The molecule has 1 nitrogen and oxygen atoms in total. The summed E-state index contributed by atoms with van der Waals surface area (Å²) in [5.41, 5.74) is -0.312. The van der Waals surface area contributed by atoms with E-state index in [1.807, 2.05) is 12.2 Å². The lowest BCUT2D eigenvalue weighted by molar-refractivity contribution is -0.122. The highest BCUT2D eigenvalue weighted by molar-refractivity contribution is 4.97. The van der Waals surface area contributed by atoms with Crippen molar-refractivity contribution in [2.75, 3.05) is 0 Å². The molecule has 0 N–H and O–H groups in total. The van der Waals surface area contributed by atoms with Gasteiger partial charge in [0.15, 0.2) is 0 Å². The maximum Gasteiger partial charge on any atom is 0.0839 e. The van der Waals surface area contributed by atoms with Gasteiger partial charge in [0.2, 0.25) is 0 Å². The lowest BCUT2D eigenvalue weighted by atomic mass is 9.92. The Kier molecular flexibility index (Phi) is 8.26. The second-order valence-electron chi connectivity index (χ2n) is 5.77. The fourth-order valence-corrected chi connectivity index (χ4v) is 2.51. The van der Waals surface area contributed by atoms with Gasteiger partial charge in [-0.25, -0.2) is 0 Å². The van der Waals surface area contributed by atoms with Crippen LogP contribution in [-0.4, -0.2) is 11.2 Å². The van der Waals surface area contributed by atoms with Crippen LogP contribution in [0, 0.1) is 0 Å². The first-order valence-corrected chi connectivity index (χ1v) is 7.40. The van der Waals surface area contributed by atoms with Crippen molar-refractivity contribution < 1.29 is 4.74 Å². The van der Waals surface area contributed by atoms with Crippen LogP contribution in [0.1, 0.15) is 72.6 Å². The average molecular weight is 252 g/mol. The monoisotopic (exact) mass is 252 g/mol. The van der Waals surface area contributed by atoms with Crippen molar-refractivity contribution >= 4 is 0 Å². The summed E-state index contributed by atoms with van der Waals surface area (Å²) < 4.78 is 6.41. The van der Waals surface area contributed by atoms with Gasteiger partial charge in [-0.1, -0.05) is 51.7 Å². The molecule has 0 aliphatic rings. The molecule has 0 spiro atoms. The molecule has 2 unspecified atom stereocenters. The smallest absolute Gasteiger partial charge is 0.0839 e. The zero-order chi connectivity index (χ0) is 14.1. The molecular weight excluding hydrogens is 220 g/mol. The van der Waals surface area contributed by atoms with Gasteiger partial charge in [-0.3, -0.25) is 0 Å². The maximum atomic E-state index is 6.41. The molecule has 106 valence electrons. The van der Waals surface area contributed by atoms with Crippen LogP contribution in [0.25, 0.3) is 0 Å². The molecule has 2 atom stereocenters. The summed E-state index contributed by atoms with van der Waals surface area (Å²) in [6.45, 7) is 16.6. The summed E-state index contributed by atoms with van der Waals surface area (Å²) in [4.78, 5) is 0. The van der Waals surface area contributed by atoms with E-state index in [0.29, 0.717) is 0 Å². The quantitative estimate of drug-likeness (QED) is 0.340. The topological polar surface area (TPSA) is 9.23 Å². The van der Waals surface area contributed by atoms with E-state index in [4.69, 9.17) is 4.74 Å². The van der Waals surface area contributed by atoms with Gasteiger partial charge in [-0.15, -0.1) is 13.2 Å². The molecule has 0 aromatic rings. The van der Waals surface area contributed by atoms with Crippen molar-refractivity contribution in [2.24, 2.45) is 0 Å². The van der Waals surface area contributed by atoms with Gasteiger partial charge in [0, 0.05) is 0 Å². The van der Waals surface area contributed by atoms with Crippen molar-refractivity contribution in [2.45, 2.75) is 83.8 Å². The Balaban J connectivity index is 4.61. The van der Waals surface area contributed by atoms with Crippen LogP contribution < -0.4 is 0 Å². The molecule has 18 heavy (non-hydrogen) atoms. The first-order chi connectivity index (χ1) is 8.45. The fourth-order valence-electron chi connectivity index (χ4n) is 2.51. The molecular formula is C17H32O. The zero-order valence-corrected chi connectivity index (χ0v) is 12.9. The number of hydrogen-bond donors (Lipinski definition) is 0. The molecule has 0 radical (unpaired) electrons. The average Bonchev–Trinajstić information content (AvgIpc) is 2.29. The summed E-state index contributed by atoms with van der Waals surface area (Å²) in [6, 6.07) is 0. The molecule has 0 fully saturated rings. The highest BCUT2D eigenvalue weighted by Gasteiger charge is 2.32. The van der Waals surface area contributed by atoms with Gasteiger partial charge in [-0.05, 0) is 33.1 Å². The highest BCUT2D eigenvalue weighted by Crippen LogP contribution is 2.32. The van der Waals surface area contributed by atoms with E-state index in [-0.39, 0.29) is 11.2 Å². The van der Waals surface area contributed by atoms with Crippen molar-refractivity contribution in [3.05, 3.63) is 25.3 Å². The molecule has 0 aliphatic heterocycles. The maximum absolute atomic E-state index is 6.41. The van der Waals surface area contributed by atoms with E-state index in [1.54, 1.807) is 0 Å². The molecule has 0 rings (SSSR count). The summed E-state index contributed by atoms with van der Waals surface area (Å²) in [6.07, 6.45) is 11.8. The third kappa shape index (κ3) is 6.39. The normalized spacial score (nSPS) is 17.8. The third-order valence-electron chi connectivity index (χ3n) is 3.54. The van der Waals surface area contributed by atoms with E-state index in [1.165, 1.54) is 19.3 Å². The van der Waals surface area contributed by atoms with Crippen molar-refractivity contribution in [3.8, 4) is 0 Å². The molecule has 0 aromatic heterocycles. The predicted octanol–water partition coefficient (Wildman–Crippen LogP) is 5.66. The van der Waals surface area contributed by atoms with Crippen LogP contribution >= 0.6 is 0 Å². The lowest BCUT2D eigenvalue weighted by Gasteiger charge is -2.39. The first kappa shape index (κ1) is 17.4. The molecule has 0 saturated heterocycles. The van der Waals surface area contributed by atoms with Crippen molar-refractivity contribution in [1.82, 2.24) is 0 Å². The molecule has 0 amide bonds. The Labute approximate surface area is 114 Å². The number of ether oxygens (including phenoxy) is 1. The molecule has 0 bridgehead atoms. The number of hydrogen-bond acceptors (Lipinski definition) is 1. The molecule has 0 heterocycles. The van der Waals surface area contributed by atoms with Gasteiger partial charge < -0.3 is 4.74 Å². The molecule has 1 heteroatoms. The van der Waals surface area contributed by atoms with Crippen LogP contribution in [0.5, 0.6) is 0 Å². The molecule has 0 saturated carbocycles. The third-order valence-corrected chi connectivity index (χ3v) is 3.54. The minimum absolute atomic E-state index is 0.106. The van der Waals surface area contributed by atoms with Crippen molar-refractivity contribution in [1.29, 1.82) is 0 Å². The van der Waals surface area contributed by atoms with E-state index in [9.17, 15) is 0 Å². The van der Waals surface area contributed by atoms with Crippen LogP contribution in [0.2, 0.25) is 0 Å². The van der Waals surface area contributed by atoms with Gasteiger partial charge in [0.1, 0.15) is 0 Å². The van der Waals surface area contributed by atoms with Gasteiger partial charge in [0.05, 0.1) is 11.2 Å². The van der Waals surface area contributed by atoms with Gasteiger partial charge in [-0.2, -0.15) is 0 Å². The summed E-state index contributed by atoms with van der Waals surface area (Å²) >= 11 is 0. The second-order valence-corrected chi connectivity index (χ2v) is 5.77. The second kappa shape index (κ2) is 8.53. The van der Waals surface area contributed by atoms with Crippen molar-refractivity contribution in [3.63, 3.8) is 0 Å². The Morgan fingerprint density at radius 2 is 1.67 bits per heavy atom. The number of rotatable bonds is 11. The summed E-state index contributed by atoms with van der Waals surface area (Å²) in [5.74, 6) is 0. The van der Waals surface area contributed by atoms with Gasteiger partial charge >= 0.3 is 0 Å². The SMILES string of the molecule is C=CCC(C)(CCC)OC(C)(C=C)CCCCC. The van der Waals surface area contributed by atoms with E-state index >= 15 is 0 Å². The predicted molar refractivity (Wildman–Crippen MR) is 82.0 cm³/mol. The van der Waals surface area contributed by atoms with Crippen LogP contribution in [0.3, 0.4) is 0 Å². The van der Waals surface area contributed by atoms with Crippen LogP contribution in [0.15, 0.2) is 25.3 Å². The summed E-state index contributed by atoms with van der Waals surface area (Å²) in [5, 5.41) is 0. The Morgan fingerprint density at radius 1 is 1.00 bits per heavy atom. The fraction of sp³-hybridized carbons (Fsp3) is 0.765. The van der Waals surface area contributed by atoms with E-state index in [2.05, 4.69) is 40.9 Å². The minimum Gasteiger partial charge on any atom is -0.365 e. The van der Waals surface area contributed by atoms with E-state index < -0.39 is 0 Å². The lowest BCUT2D eigenvalue weighted by Crippen LogP contribution is -2.39. The number of unbranched alkanes of at least 4 members (excludes halogenated alkanes) is 2. The molecule has 0 aromatic carbocycles. The minimum atomic E-state index is -0.206. The largest absolute Gasteiger partial charge is 0.365 e. The van der Waals surface area contributed by atoms with Crippen LogP contribution in [-0.2, 0) is 4.74 Å². The van der Waals surface area contributed by atoms with E-state index in [0.717, 1.165) is 25.7 Å². The summed E-state index contributed by atoms with van der Waals surface area (Å²) in [7, 11) is 0. The van der Waals surface area contributed by atoms with Gasteiger partial charge in [0.25, 0.3) is 0 Å². The Bertz CT molecular complexity index is 246. The first-order valence-electron chi connectivity index (χ1n) is 7.40. The standard InChI is InChI=1S/C17H32O/c1-7-11-12-15-16(5,10-4)18-17(6,13-8-2)14-9-3/h8,10H,2,4,7,9,11-15H2,1,3,5-6H3. The Morgan fingerprint density at radius 3 is 2.11 bits per heavy atom. The highest BCUT2D eigenvalue weighted by atomic mass is 16.5. The Hall–Kier alpha value is -0.560. The zero-order valence-electron chi connectivity index (χ0n) is 12.9.